The summed E-state index contributed by atoms with van der Waals surface area (Å²) in [5.74, 6) is -0.862. The normalized spacial score (nSPS) is 15.7. The first-order chi connectivity index (χ1) is 8.63. The van der Waals surface area contributed by atoms with Gasteiger partial charge in [0, 0.05) is 6.42 Å². The highest BCUT2D eigenvalue weighted by atomic mass is 16.2. The number of piperazine rings is 1. The molecule has 1 N–H and O–H groups in total. The minimum absolute atomic E-state index is 0.0143. The van der Waals surface area contributed by atoms with E-state index in [1.807, 2.05) is 0 Å². The summed E-state index contributed by atoms with van der Waals surface area (Å²) in [7, 11) is 0. The zero-order valence-corrected chi connectivity index (χ0v) is 11.0. The first-order valence-electron chi connectivity index (χ1n) is 6.74. The van der Waals surface area contributed by atoms with E-state index in [1.54, 1.807) is 0 Å². The van der Waals surface area contributed by atoms with Crippen LogP contribution in [0, 0.1) is 0 Å². The van der Waals surface area contributed by atoms with E-state index in [1.165, 1.54) is 24.2 Å². The molecule has 0 aromatic heterocycles. The number of nitrogens with zero attached hydrogens (tertiary/aromatic N) is 1. The second-order valence-electron chi connectivity index (χ2n) is 4.74. The van der Waals surface area contributed by atoms with Gasteiger partial charge in [-0.3, -0.25) is 19.7 Å². The number of hydrogen-bond acceptors (Lipinski definition) is 3. The van der Waals surface area contributed by atoms with Gasteiger partial charge in [0.15, 0.2) is 0 Å². The van der Waals surface area contributed by atoms with Crippen LogP contribution in [0.1, 0.15) is 51.9 Å². The number of unbranched alkanes of at least 4 members (excludes halogenated alkanes) is 5. The van der Waals surface area contributed by atoms with Gasteiger partial charge in [-0.15, -0.1) is 0 Å². The number of nitrogens with one attached hydrogen (secondary N) is 1. The van der Waals surface area contributed by atoms with E-state index in [-0.39, 0.29) is 30.8 Å². The van der Waals surface area contributed by atoms with Crippen molar-refractivity contribution in [3.63, 3.8) is 0 Å². The Balaban J connectivity index is 2.16. The molecule has 0 radical (unpaired) electrons. The Labute approximate surface area is 108 Å². The number of rotatable bonds is 7. The summed E-state index contributed by atoms with van der Waals surface area (Å²) in [4.78, 5) is 35.3. The minimum atomic E-state index is -0.387. The van der Waals surface area contributed by atoms with Crippen LogP contribution in [0.3, 0.4) is 0 Å². The van der Waals surface area contributed by atoms with Gasteiger partial charge in [0.25, 0.3) is 0 Å². The summed E-state index contributed by atoms with van der Waals surface area (Å²) in [5.41, 5.74) is 0. The average Bonchev–Trinajstić information content (AvgIpc) is 2.32. The third-order valence-electron chi connectivity index (χ3n) is 3.04. The van der Waals surface area contributed by atoms with Gasteiger partial charge in [-0.2, -0.15) is 0 Å². The van der Waals surface area contributed by atoms with Gasteiger partial charge < -0.3 is 4.90 Å². The molecule has 1 heterocycles. The van der Waals surface area contributed by atoms with E-state index in [0.717, 1.165) is 19.3 Å². The minimum Gasteiger partial charge on any atom is -0.324 e. The first kappa shape index (κ1) is 14.7. The van der Waals surface area contributed by atoms with Crippen LogP contribution in [0.4, 0.5) is 0 Å². The van der Waals surface area contributed by atoms with E-state index < -0.39 is 0 Å². The van der Waals surface area contributed by atoms with E-state index in [4.69, 9.17) is 0 Å². The second-order valence-corrected chi connectivity index (χ2v) is 4.74. The van der Waals surface area contributed by atoms with Crippen molar-refractivity contribution in [1.82, 2.24) is 10.2 Å². The third-order valence-corrected chi connectivity index (χ3v) is 3.04. The maximum atomic E-state index is 11.8. The van der Waals surface area contributed by atoms with Crippen molar-refractivity contribution in [3.8, 4) is 0 Å². The Kier molecular flexibility index (Phi) is 6.39. The maximum absolute atomic E-state index is 11.8. The lowest BCUT2D eigenvalue weighted by atomic mass is 10.1. The number of imide groups is 1. The second kappa shape index (κ2) is 7.84. The van der Waals surface area contributed by atoms with Gasteiger partial charge in [-0.1, -0.05) is 39.0 Å². The van der Waals surface area contributed by atoms with Gasteiger partial charge in [-0.05, 0) is 6.42 Å². The summed E-state index contributed by atoms with van der Waals surface area (Å²) in [6.07, 6.45) is 7.15. The van der Waals surface area contributed by atoms with Crippen molar-refractivity contribution < 1.29 is 14.4 Å². The van der Waals surface area contributed by atoms with Crippen molar-refractivity contribution in [3.05, 3.63) is 0 Å². The highest BCUT2D eigenvalue weighted by Gasteiger charge is 2.25. The van der Waals surface area contributed by atoms with Gasteiger partial charge in [0.1, 0.15) is 13.1 Å². The fraction of sp³-hybridized carbons (Fsp3) is 0.769. The third kappa shape index (κ3) is 5.29. The molecule has 0 aliphatic carbocycles. The monoisotopic (exact) mass is 254 g/mol. The van der Waals surface area contributed by atoms with Crippen LogP contribution in [-0.2, 0) is 14.4 Å². The molecule has 0 bridgehead atoms. The molecule has 0 spiro atoms. The first-order valence-corrected chi connectivity index (χ1v) is 6.74. The maximum Gasteiger partial charge on any atom is 0.246 e. The molecule has 0 atom stereocenters. The van der Waals surface area contributed by atoms with Crippen LogP contribution >= 0.6 is 0 Å². The largest absolute Gasteiger partial charge is 0.324 e. The summed E-state index contributed by atoms with van der Waals surface area (Å²) < 4.78 is 0. The van der Waals surface area contributed by atoms with E-state index >= 15 is 0 Å². The molecule has 102 valence electrons. The van der Waals surface area contributed by atoms with Gasteiger partial charge >= 0.3 is 0 Å². The highest BCUT2D eigenvalue weighted by molar-refractivity contribution is 6.02. The van der Waals surface area contributed by atoms with Crippen molar-refractivity contribution >= 4 is 17.7 Å². The Morgan fingerprint density at radius 3 is 2.22 bits per heavy atom. The zero-order valence-electron chi connectivity index (χ0n) is 11.0. The lowest BCUT2D eigenvalue weighted by Gasteiger charge is -2.25. The predicted octanol–water partition coefficient (Wildman–Crippen LogP) is 1.22. The summed E-state index contributed by atoms with van der Waals surface area (Å²) >= 11 is 0. The fourth-order valence-electron chi connectivity index (χ4n) is 2.03. The molecule has 0 aromatic rings. The average molecular weight is 254 g/mol. The van der Waals surface area contributed by atoms with Gasteiger partial charge in [0.2, 0.25) is 17.7 Å². The zero-order chi connectivity index (χ0) is 13.4. The molecule has 1 aliphatic rings. The molecule has 1 fully saturated rings. The summed E-state index contributed by atoms with van der Waals surface area (Å²) in [6.45, 7) is 2.20. The standard InChI is InChI=1S/C13H22N2O3/c1-2-3-4-5-6-7-8-13(18)15-9-11(16)14-12(17)10-15/h2-10H2,1H3,(H,14,16,17). The van der Waals surface area contributed by atoms with Crippen LogP contribution in [0.25, 0.3) is 0 Å². The lowest BCUT2D eigenvalue weighted by molar-refractivity contribution is -0.145. The molecule has 0 unspecified atom stereocenters. The SMILES string of the molecule is CCCCCCCCC(=O)N1CC(=O)NC(=O)C1. The Hall–Kier alpha value is -1.39. The van der Waals surface area contributed by atoms with Crippen LogP contribution in [-0.4, -0.2) is 35.7 Å². The number of carbonyl (C=O) groups is 3. The van der Waals surface area contributed by atoms with Crippen LogP contribution in [0.5, 0.6) is 0 Å². The van der Waals surface area contributed by atoms with Gasteiger partial charge in [0.05, 0.1) is 0 Å². The molecule has 18 heavy (non-hydrogen) atoms. The summed E-state index contributed by atoms with van der Waals surface area (Å²) in [5, 5.41) is 2.18. The van der Waals surface area contributed by atoms with Crippen LogP contribution in [0.2, 0.25) is 0 Å². The predicted molar refractivity (Wildman–Crippen MR) is 67.7 cm³/mol. The molecule has 5 nitrogen and oxygen atoms in total. The Bertz CT molecular complexity index is 299. The van der Waals surface area contributed by atoms with Crippen molar-refractivity contribution in [2.24, 2.45) is 0 Å². The smallest absolute Gasteiger partial charge is 0.246 e. The van der Waals surface area contributed by atoms with E-state index in [9.17, 15) is 14.4 Å². The molecule has 1 aliphatic heterocycles. The number of hydrogen-bond donors (Lipinski definition) is 1. The molecule has 0 saturated carbocycles. The van der Waals surface area contributed by atoms with Gasteiger partial charge in [-0.25, -0.2) is 0 Å². The number of amides is 3. The van der Waals surface area contributed by atoms with Crippen molar-refractivity contribution in [1.29, 1.82) is 0 Å². The summed E-state index contributed by atoms with van der Waals surface area (Å²) in [6, 6.07) is 0. The molecule has 5 heteroatoms. The molecule has 3 amide bonds. The fourth-order valence-corrected chi connectivity index (χ4v) is 2.03. The lowest BCUT2D eigenvalue weighted by Crippen LogP contribution is -2.53. The number of carbonyl (C=O) groups excluding carboxylic acids is 3. The molecular formula is C13H22N2O3. The van der Waals surface area contributed by atoms with E-state index in [0.29, 0.717) is 6.42 Å². The molecule has 0 aromatic carbocycles. The highest BCUT2D eigenvalue weighted by Crippen LogP contribution is 2.09. The Morgan fingerprint density at radius 1 is 1.06 bits per heavy atom. The molecular weight excluding hydrogens is 232 g/mol. The van der Waals surface area contributed by atoms with E-state index in [2.05, 4.69) is 12.2 Å². The Morgan fingerprint density at radius 2 is 1.61 bits per heavy atom. The quantitative estimate of drug-likeness (QED) is 0.549. The topological polar surface area (TPSA) is 66.5 Å². The molecule has 1 rings (SSSR count). The van der Waals surface area contributed by atoms with Crippen LogP contribution < -0.4 is 5.32 Å². The van der Waals surface area contributed by atoms with Crippen LogP contribution in [0.15, 0.2) is 0 Å². The molecule has 1 saturated heterocycles. The van der Waals surface area contributed by atoms with Crippen molar-refractivity contribution in [2.45, 2.75) is 51.9 Å². The van der Waals surface area contributed by atoms with Crippen molar-refractivity contribution in [2.75, 3.05) is 13.1 Å².